The summed E-state index contributed by atoms with van der Waals surface area (Å²) < 4.78 is 10.6. The summed E-state index contributed by atoms with van der Waals surface area (Å²) in [4.78, 5) is 8.71. The van der Waals surface area contributed by atoms with E-state index in [1.165, 1.54) is 0 Å². The van der Waals surface area contributed by atoms with Crippen LogP contribution in [-0.2, 0) is 0 Å². The topological polar surface area (TPSA) is 68.3 Å². The van der Waals surface area contributed by atoms with Crippen LogP contribution in [0.1, 0.15) is 20.3 Å². The predicted octanol–water partition coefficient (Wildman–Crippen LogP) is 3.70. The maximum atomic E-state index is 5.37. The number of aromatic nitrogens is 2. The zero-order chi connectivity index (χ0) is 16.7. The van der Waals surface area contributed by atoms with E-state index in [2.05, 4.69) is 34.4 Å². The van der Waals surface area contributed by atoms with Gasteiger partial charge in [-0.05, 0) is 30.5 Å². The highest BCUT2D eigenvalue weighted by Crippen LogP contribution is 2.30. The Labute approximate surface area is 137 Å². The molecule has 1 heterocycles. The van der Waals surface area contributed by atoms with Crippen LogP contribution in [-0.4, -0.2) is 30.7 Å². The summed E-state index contributed by atoms with van der Waals surface area (Å²) in [5, 5.41) is 6.48. The zero-order valence-corrected chi connectivity index (χ0v) is 14.1. The molecule has 0 aliphatic rings. The van der Waals surface area contributed by atoms with Gasteiger partial charge in [-0.25, -0.2) is 4.98 Å². The second-order valence-electron chi connectivity index (χ2n) is 5.57. The van der Waals surface area contributed by atoms with E-state index in [-0.39, 0.29) is 0 Å². The van der Waals surface area contributed by atoms with Crippen LogP contribution in [0.15, 0.2) is 30.5 Å². The first-order valence-electron chi connectivity index (χ1n) is 7.68. The fraction of sp³-hybridized carbons (Fsp3) is 0.412. The SMILES string of the molecule is COc1ccc(Nc2nccc(NCCC(C)C)n2)c(OC)c1. The molecular formula is C17H24N4O2. The number of methoxy groups -OCH3 is 2. The Hall–Kier alpha value is -2.50. The molecule has 6 heteroatoms. The van der Waals surface area contributed by atoms with Gasteiger partial charge in [0.15, 0.2) is 0 Å². The quantitative estimate of drug-likeness (QED) is 0.774. The highest BCUT2D eigenvalue weighted by Gasteiger charge is 2.07. The average Bonchev–Trinajstić information content (AvgIpc) is 2.55. The van der Waals surface area contributed by atoms with Crippen molar-refractivity contribution in [3.63, 3.8) is 0 Å². The molecule has 0 atom stereocenters. The van der Waals surface area contributed by atoms with E-state index in [9.17, 15) is 0 Å². The van der Waals surface area contributed by atoms with Gasteiger partial charge in [-0.2, -0.15) is 4.98 Å². The summed E-state index contributed by atoms with van der Waals surface area (Å²) in [6, 6.07) is 7.40. The van der Waals surface area contributed by atoms with Crippen molar-refractivity contribution in [3.05, 3.63) is 30.5 Å². The summed E-state index contributed by atoms with van der Waals surface area (Å²) in [6.45, 7) is 5.29. The van der Waals surface area contributed by atoms with Crippen LogP contribution in [0.3, 0.4) is 0 Å². The Morgan fingerprint density at radius 2 is 1.96 bits per heavy atom. The van der Waals surface area contributed by atoms with E-state index in [4.69, 9.17) is 9.47 Å². The molecule has 2 N–H and O–H groups in total. The lowest BCUT2D eigenvalue weighted by molar-refractivity contribution is 0.395. The van der Waals surface area contributed by atoms with Crippen LogP contribution in [0.2, 0.25) is 0 Å². The normalized spacial score (nSPS) is 10.5. The first-order chi connectivity index (χ1) is 11.1. The second kappa shape index (κ2) is 8.22. The number of rotatable bonds is 8. The number of ether oxygens (including phenoxy) is 2. The van der Waals surface area contributed by atoms with Crippen LogP contribution in [0.4, 0.5) is 17.5 Å². The summed E-state index contributed by atoms with van der Waals surface area (Å²) in [7, 11) is 3.24. The lowest BCUT2D eigenvalue weighted by Gasteiger charge is -2.12. The van der Waals surface area contributed by atoms with Gasteiger partial charge < -0.3 is 20.1 Å². The Morgan fingerprint density at radius 1 is 1.13 bits per heavy atom. The maximum Gasteiger partial charge on any atom is 0.229 e. The van der Waals surface area contributed by atoms with Crippen molar-refractivity contribution in [2.24, 2.45) is 5.92 Å². The van der Waals surface area contributed by atoms with Gasteiger partial charge in [-0.3, -0.25) is 0 Å². The van der Waals surface area contributed by atoms with Crippen LogP contribution >= 0.6 is 0 Å². The van der Waals surface area contributed by atoms with Crippen LogP contribution < -0.4 is 20.1 Å². The van der Waals surface area contributed by atoms with Crippen molar-refractivity contribution in [3.8, 4) is 11.5 Å². The van der Waals surface area contributed by atoms with Gasteiger partial charge in [0.1, 0.15) is 17.3 Å². The number of benzene rings is 1. The van der Waals surface area contributed by atoms with E-state index in [1.54, 1.807) is 20.4 Å². The molecule has 124 valence electrons. The van der Waals surface area contributed by atoms with Crippen molar-refractivity contribution < 1.29 is 9.47 Å². The molecule has 23 heavy (non-hydrogen) atoms. The van der Waals surface area contributed by atoms with Gasteiger partial charge in [0.05, 0.1) is 19.9 Å². The number of nitrogens with one attached hydrogen (secondary N) is 2. The Balaban J connectivity index is 2.08. The molecule has 0 bridgehead atoms. The average molecular weight is 316 g/mol. The van der Waals surface area contributed by atoms with Crippen LogP contribution in [0.5, 0.6) is 11.5 Å². The maximum absolute atomic E-state index is 5.37. The standard InChI is InChI=1S/C17H24N4O2/c1-12(2)7-9-18-16-8-10-19-17(21-16)20-14-6-5-13(22-3)11-15(14)23-4/h5-6,8,10-12H,7,9H2,1-4H3,(H2,18,19,20,21). The summed E-state index contributed by atoms with van der Waals surface area (Å²) in [6.07, 6.45) is 2.82. The van der Waals surface area contributed by atoms with Crippen molar-refractivity contribution in [1.82, 2.24) is 9.97 Å². The highest BCUT2D eigenvalue weighted by molar-refractivity contribution is 5.64. The summed E-state index contributed by atoms with van der Waals surface area (Å²) in [5.74, 6) is 3.38. The van der Waals surface area contributed by atoms with Crippen molar-refractivity contribution in [2.75, 3.05) is 31.4 Å². The summed E-state index contributed by atoms with van der Waals surface area (Å²) in [5.41, 5.74) is 0.785. The van der Waals surface area contributed by atoms with Crippen molar-refractivity contribution >= 4 is 17.5 Å². The third-order valence-corrected chi connectivity index (χ3v) is 3.34. The Kier molecular flexibility index (Phi) is 6.02. The Bertz CT molecular complexity index is 632. The van der Waals surface area contributed by atoms with E-state index in [0.29, 0.717) is 17.6 Å². The van der Waals surface area contributed by atoms with Gasteiger partial charge in [0.25, 0.3) is 0 Å². The molecule has 0 radical (unpaired) electrons. The lowest BCUT2D eigenvalue weighted by atomic mass is 10.1. The van der Waals surface area contributed by atoms with E-state index in [1.807, 2.05) is 24.3 Å². The zero-order valence-electron chi connectivity index (χ0n) is 14.1. The largest absolute Gasteiger partial charge is 0.497 e. The summed E-state index contributed by atoms with van der Waals surface area (Å²) >= 11 is 0. The lowest BCUT2D eigenvalue weighted by Crippen LogP contribution is -2.07. The molecule has 1 aromatic carbocycles. The molecule has 0 aliphatic heterocycles. The number of hydrogen-bond acceptors (Lipinski definition) is 6. The molecule has 0 spiro atoms. The van der Waals surface area contributed by atoms with Gasteiger partial charge in [0, 0.05) is 18.8 Å². The second-order valence-corrected chi connectivity index (χ2v) is 5.57. The van der Waals surface area contributed by atoms with Crippen molar-refractivity contribution in [2.45, 2.75) is 20.3 Å². The highest BCUT2D eigenvalue weighted by atomic mass is 16.5. The molecule has 0 amide bonds. The Morgan fingerprint density at radius 3 is 2.65 bits per heavy atom. The fourth-order valence-corrected chi connectivity index (χ4v) is 2.03. The molecule has 0 fully saturated rings. The van der Waals surface area contributed by atoms with Crippen LogP contribution in [0, 0.1) is 5.92 Å². The molecule has 0 saturated carbocycles. The fourth-order valence-electron chi connectivity index (χ4n) is 2.03. The monoisotopic (exact) mass is 316 g/mol. The van der Waals surface area contributed by atoms with Gasteiger partial charge in [-0.1, -0.05) is 13.8 Å². The predicted molar refractivity (Wildman–Crippen MR) is 92.8 cm³/mol. The molecule has 0 aliphatic carbocycles. The molecule has 2 rings (SSSR count). The molecule has 2 aromatic rings. The number of hydrogen-bond donors (Lipinski definition) is 2. The minimum Gasteiger partial charge on any atom is -0.497 e. The van der Waals surface area contributed by atoms with Gasteiger partial charge >= 0.3 is 0 Å². The molecule has 0 saturated heterocycles. The molecule has 0 unspecified atom stereocenters. The third kappa shape index (κ3) is 5.02. The number of anilines is 3. The van der Waals surface area contributed by atoms with E-state index < -0.39 is 0 Å². The van der Waals surface area contributed by atoms with E-state index in [0.717, 1.165) is 30.2 Å². The first kappa shape index (κ1) is 16.9. The van der Waals surface area contributed by atoms with Gasteiger partial charge in [-0.15, -0.1) is 0 Å². The molecule has 1 aromatic heterocycles. The molecule has 6 nitrogen and oxygen atoms in total. The number of nitrogens with zero attached hydrogens (tertiary/aromatic N) is 2. The third-order valence-electron chi connectivity index (χ3n) is 3.34. The smallest absolute Gasteiger partial charge is 0.229 e. The minimum absolute atomic E-state index is 0.517. The minimum atomic E-state index is 0.517. The van der Waals surface area contributed by atoms with E-state index >= 15 is 0 Å². The van der Waals surface area contributed by atoms with Gasteiger partial charge in [0.2, 0.25) is 5.95 Å². The molecular weight excluding hydrogens is 292 g/mol. The first-order valence-corrected chi connectivity index (χ1v) is 7.68. The van der Waals surface area contributed by atoms with Crippen LogP contribution in [0.25, 0.3) is 0 Å². The van der Waals surface area contributed by atoms with Crippen molar-refractivity contribution in [1.29, 1.82) is 0 Å².